The number of benzene rings is 1. The molecule has 1 aromatic heterocycles. The van der Waals surface area contributed by atoms with Crippen LogP contribution in [-0.2, 0) is 11.3 Å². The summed E-state index contributed by atoms with van der Waals surface area (Å²) in [6.45, 7) is 4.31. The molecular formula is C15H14ClN3O2. The Morgan fingerprint density at radius 2 is 2.00 bits per heavy atom. The second kappa shape index (κ2) is 5.00. The number of hydrogen-bond acceptors (Lipinski definition) is 3. The maximum atomic E-state index is 12.1. The number of hydrogen-bond donors (Lipinski definition) is 0. The van der Waals surface area contributed by atoms with Crippen molar-refractivity contribution in [2.75, 3.05) is 4.90 Å². The summed E-state index contributed by atoms with van der Waals surface area (Å²) in [7, 11) is 0. The van der Waals surface area contributed by atoms with Gasteiger partial charge in [0, 0.05) is 17.3 Å². The van der Waals surface area contributed by atoms with Crippen LogP contribution in [0.1, 0.15) is 35.9 Å². The van der Waals surface area contributed by atoms with Crippen LogP contribution in [0.15, 0.2) is 30.5 Å². The largest absolute Gasteiger partial charge is 0.299 e. The molecule has 0 saturated heterocycles. The standard InChI is InChI=1S/C15H14ClN3O2/c1-9(2)19-6-5-11(17-19)8-18-13-7-10(16)3-4-12(13)14(20)15(18)21/h3-7,9H,8H2,1-2H3. The second-order valence-corrected chi connectivity index (χ2v) is 5.70. The van der Waals surface area contributed by atoms with Gasteiger partial charge in [0.1, 0.15) is 0 Å². The van der Waals surface area contributed by atoms with Crippen LogP contribution in [0.2, 0.25) is 5.02 Å². The van der Waals surface area contributed by atoms with Crippen molar-refractivity contribution < 1.29 is 9.59 Å². The molecule has 0 saturated carbocycles. The normalized spacial score (nSPS) is 14.2. The van der Waals surface area contributed by atoms with Crippen molar-refractivity contribution in [2.45, 2.75) is 26.4 Å². The molecular weight excluding hydrogens is 290 g/mol. The van der Waals surface area contributed by atoms with Crippen molar-refractivity contribution in [3.63, 3.8) is 0 Å². The van der Waals surface area contributed by atoms with Gasteiger partial charge in [0.15, 0.2) is 0 Å². The fraction of sp³-hybridized carbons (Fsp3) is 0.267. The molecule has 1 aromatic carbocycles. The van der Waals surface area contributed by atoms with Crippen molar-refractivity contribution in [3.8, 4) is 0 Å². The number of nitrogens with zero attached hydrogens (tertiary/aromatic N) is 3. The fourth-order valence-electron chi connectivity index (χ4n) is 2.34. The number of amides is 1. The van der Waals surface area contributed by atoms with Gasteiger partial charge in [-0.2, -0.15) is 5.10 Å². The first-order valence-electron chi connectivity index (χ1n) is 6.67. The Morgan fingerprint density at radius 3 is 2.67 bits per heavy atom. The van der Waals surface area contributed by atoms with Crippen LogP contribution in [0.4, 0.5) is 5.69 Å². The molecule has 0 unspecified atom stereocenters. The van der Waals surface area contributed by atoms with E-state index in [0.29, 0.717) is 16.3 Å². The smallest absolute Gasteiger partial charge is 0.299 e. The highest BCUT2D eigenvalue weighted by Gasteiger charge is 2.36. The zero-order chi connectivity index (χ0) is 15.1. The monoisotopic (exact) mass is 303 g/mol. The molecule has 2 heterocycles. The van der Waals surface area contributed by atoms with Gasteiger partial charge in [-0.05, 0) is 38.1 Å². The average molecular weight is 304 g/mol. The first kappa shape index (κ1) is 13.8. The van der Waals surface area contributed by atoms with E-state index >= 15 is 0 Å². The van der Waals surface area contributed by atoms with E-state index in [-0.39, 0.29) is 12.6 Å². The first-order chi connectivity index (χ1) is 9.97. The Bertz CT molecular complexity index is 736. The molecule has 6 heteroatoms. The van der Waals surface area contributed by atoms with Crippen molar-refractivity contribution in [1.29, 1.82) is 0 Å². The third-order valence-corrected chi connectivity index (χ3v) is 3.68. The summed E-state index contributed by atoms with van der Waals surface area (Å²) >= 11 is 5.96. The molecule has 5 nitrogen and oxygen atoms in total. The molecule has 3 rings (SSSR count). The predicted molar refractivity (Wildman–Crippen MR) is 79.6 cm³/mol. The molecule has 0 atom stereocenters. The number of anilines is 1. The van der Waals surface area contributed by atoms with E-state index in [1.807, 2.05) is 30.8 Å². The minimum atomic E-state index is -0.536. The van der Waals surface area contributed by atoms with Crippen LogP contribution < -0.4 is 4.90 Å². The Morgan fingerprint density at radius 1 is 1.24 bits per heavy atom. The third-order valence-electron chi connectivity index (χ3n) is 3.45. The molecule has 1 aliphatic rings. The number of fused-ring (bicyclic) bond motifs is 1. The topological polar surface area (TPSA) is 55.2 Å². The summed E-state index contributed by atoms with van der Waals surface area (Å²) in [5.74, 6) is -1.03. The van der Waals surface area contributed by atoms with E-state index in [4.69, 9.17) is 11.6 Å². The van der Waals surface area contributed by atoms with E-state index in [9.17, 15) is 9.59 Å². The first-order valence-corrected chi connectivity index (χ1v) is 7.05. The minimum Gasteiger partial charge on any atom is -0.299 e. The second-order valence-electron chi connectivity index (χ2n) is 5.26. The van der Waals surface area contributed by atoms with Crippen LogP contribution >= 0.6 is 11.6 Å². The van der Waals surface area contributed by atoms with Crippen molar-refractivity contribution in [1.82, 2.24) is 9.78 Å². The van der Waals surface area contributed by atoms with Gasteiger partial charge in [0.05, 0.1) is 23.5 Å². The quantitative estimate of drug-likeness (QED) is 0.819. The highest BCUT2D eigenvalue weighted by atomic mass is 35.5. The average Bonchev–Trinajstić information content (AvgIpc) is 2.99. The molecule has 2 aromatic rings. The number of ketones is 1. The maximum absolute atomic E-state index is 12.1. The lowest BCUT2D eigenvalue weighted by atomic mass is 10.1. The molecule has 0 radical (unpaired) electrons. The number of carbonyl (C=O) groups is 2. The molecule has 21 heavy (non-hydrogen) atoms. The van der Waals surface area contributed by atoms with Crippen LogP contribution in [0.25, 0.3) is 0 Å². The molecule has 1 aliphatic heterocycles. The van der Waals surface area contributed by atoms with Gasteiger partial charge in [-0.15, -0.1) is 0 Å². The van der Waals surface area contributed by atoms with Gasteiger partial charge in [-0.3, -0.25) is 19.2 Å². The van der Waals surface area contributed by atoms with Crippen molar-refractivity contribution in [2.24, 2.45) is 0 Å². The van der Waals surface area contributed by atoms with Gasteiger partial charge in [0.25, 0.3) is 11.7 Å². The fourth-order valence-corrected chi connectivity index (χ4v) is 2.50. The van der Waals surface area contributed by atoms with Gasteiger partial charge >= 0.3 is 0 Å². The summed E-state index contributed by atoms with van der Waals surface area (Å²) < 4.78 is 1.82. The summed E-state index contributed by atoms with van der Waals surface area (Å²) in [6, 6.07) is 6.93. The van der Waals surface area contributed by atoms with Gasteiger partial charge < -0.3 is 0 Å². The van der Waals surface area contributed by atoms with E-state index < -0.39 is 11.7 Å². The van der Waals surface area contributed by atoms with Crippen LogP contribution in [0, 0.1) is 0 Å². The molecule has 108 valence electrons. The van der Waals surface area contributed by atoms with E-state index in [1.165, 1.54) is 4.90 Å². The summed E-state index contributed by atoms with van der Waals surface area (Å²) in [6.07, 6.45) is 1.86. The Labute approximate surface area is 127 Å². The summed E-state index contributed by atoms with van der Waals surface area (Å²) in [5, 5.41) is 4.90. The molecule has 0 spiro atoms. The van der Waals surface area contributed by atoms with Crippen LogP contribution in [0.5, 0.6) is 0 Å². The van der Waals surface area contributed by atoms with E-state index in [0.717, 1.165) is 5.69 Å². The maximum Gasteiger partial charge on any atom is 0.299 e. The van der Waals surface area contributed by atoms with Gasteiger partial charge in [-0.25, -0.2) is 0 Å². The SMILES string of the molecule is CC(C)n1ccc(CN2C(=O)C(=O)c3ccc(Cl)cc32)n1. The van der Waals surface area contributed by atoms with Crippen molar-refractivity contribution >= 4 is 29.0 Å². The lowest BCUT2D eigenvalue weighted by Crippen LogP contribution is -2.29. The number of aromatic nitrogens is 2. The Kier molecular flexibility index (Phi) is 3.29. The molecule has 0 bridgehead atoms. The molecule has 0 N–H and O–H groups in total. The number of halogens is 1. The van der Waals surface area contributed by atoms with Gasteiger partial charge in [0.2, 0.25) is 0 Å². The zero-order valence-electron chi connectivity index (χ0n) is 11.7. The minimum absolute atomic E-state index is 0.247. The van der Waals surface area contributed by atoms with Gasteiger partial charge in [-0.1, -0.05) is 11.6 Å². The van der Waals surface area contributed by atoms with Crippen LogP contribution in [-0.4, -0.2) is 21.5 Å². The lowest BCUT2D eigenvalue weighted by molar-refractivity contribution is -0.114. The Balaban J connectivity index is 1.94. The predicted octanol–water partition coefficient (Wildman–Crippen LogP) is 2.85. The zero-order valence-corrected chi connectivity index (χ0v) is 12.5. The lowest BCUT2D eigenvalue weighted by Gasteiger charge is -2.15. The summed E-state index contributed by atoms with van der Waals surface area (Å²) in [4.78, 5) is 25.5. The number of Topliss-reactive ketones (excluding diaryl/α,β-unsaturated/α-hetero) is 1. The molecule has 1 amide bonds. The highest BCUT2D eigenvalue weighted by Crippen LogP contribution is 2.32. The van der Waals surface area contributed by atoms with Crippen molar-refractivity contribution in [3.05, 3.63) is 46.7 Å². The third kappa shape index (κ3) is 2.34. The molecule has 0 aliphatic carbocycles. The van der Waals surface area contributed by atoms with E-state index in [1.54, 1.807) is 18.2 Å². The van der Waals surface area contributed by atoms with E-state index in [2.05, 4.69) is 5.10 Å². The summed E-state index contributed by atoms with van der Waals surface area (Å²) in [5.41, 5.74) is 1.68. The van der Waals surface area contributed by atoms with Crippen LogP contribution in [0.3, 0.4) is 0 Å². The molecule has 0 fully saturated rings. The highest BCUT2D eigenvalue weighted by molar-refractivity contribution is 6.52. The Hall–Kier alpha value is -2.14. The number of rotatable bonds is 3. The number of carbonyl (C=O) groups excluding carboxylic acids is 2.